The Labute approximate surface area is 222 Å². The lowest BCUT2D eigenvalue weighted by molar-refractivity contribution is -0.122. The summed E-state index contributed by atoms with van der Waals surface area (Å²) in [5.74, 6) is -1.43. The Morgan fingerprint density at radius 2 is 1.69 bits per heavy atom. The minimum atomic E-state index is -0.857. The Bertz CT molecular complexity index is 1370. The van der Waals surface area contributed by atoms with Crippen molar-refractivity contribution >= 4 is 73.1 Å². The minimum absolute atomic E-state index is 0.203. The molecule has 0 radical (unpaired) electrons. The number of hydrogen-bond donors (Lipinski definition) is 1. The topological polar surface area (TPSA) is 75.7 Å². The predicted octanol–water partition coefficient (Wildman–Crippen LogP) is 6.56. The van der Waals surface area contributed by atoms with E-state index in [0.717, 1.165) is 16.0 Å². The molecular formula is C25H16Br2ClFN2O4. The van der Waals surface area contributed by atoms with E-state index in [4.69, 9.17) is 16.3 Å². The van der Waals surface area contributed by atoms with Gasteiger partial charge in [-0.3, -0.25) is 14.9 Å². The number of barbiturate groups is 1. The van der Waals surface area contributed by atoms with E-state index in [2.05, 4.69) is 37.2 Å². The van der Waals surface area contributed by atoms with Gasteiger partial charge in [0.2, 0.25) is 0 Å². The third kappa shape index (κ3) is 5.47. The normalized spacial score (nSPS) is 14.9. The first-order chi connectivity index (χ1) is 16.6. The standard InChI is InChI=1S/C25H16Br2ClFN2O4/c1-13-2-7-17(11-21(13)28)31-24(33)18(23(32)30-25(31)34)8-15-9-19(26)22(20(27)10-15)35-12-14-3-5-16(29)6-4-14/h2-11H,12H2,1H3,(H,30,32,34)/b18-8-. The molecule has 10 heteroatoms. The maximum Gasteiger partial charge on any atom is 0.335 e. The molecule has 0 unspecified atom stereocenters. The van der Waals surface area contributed by atoms with E-state index in [9.17, 15) is 18.8 Å². The van der Waals surface area contributed by atoms with Gasteiger partial charge in [-0.25, -0.2) is 14.1 Å². The quantitative estimate of drug-likeness (QED) is 0.259. The molecule has 0 aliphatic carbocycles. The van der Waals surface area contributed by atoms with E-state index in [-0.39, 0.29) is 23.7 Å². The number of halogens is 4. The largest absolute Gasteiger partial charge is 0.487 e. The van der Waals surface area contributed by atoms with Gasteiger partial charge < -0.3 is 4.74 Å². The summed E-state index contributed by atoms with van der Waals surface area (Å²) in [6, 6.07) is 13.2. The van der Waals surface area contributed by atoms with Crippen LogP contribution < -0.4 is 15.0 Å². The van der Waals surface area contributed by atoms with Crippen LogP contribution >= 0.6 is 43.5 Å². The monoisotopic (exact) mass is 620 g/mol. The highest BCUT2D eigenvalue weighted by molar-refractivity contribution is 9.11. The van der Waals surface area contributed by atoms with Crippen LogP contribution in [0, 0.1) is 12.7 Å². The maximum atomic E-state index is 13.1. The van der Waals surface area contributed by atoms with Gasteiger partial charge in [0.1, 0.15) is 23.7 Å². The number of anilines is 1. The number of imide groups is 2. The number of nitrogens with zero attached hydrogens (tertiary/aromatic N) is 1. The van der Waals surface area contributed by atoms with Crippen LogP contribution in [0.25, 0.3) is 6.08 Å². The number of carbonyl (C=O) groups is 3. The fraction of sp³-hybridized carbons (Fsp3) is 0.0800. The van der Waals surface area contributed by atoms with E-state index in [1.54, 1.807) is 43.3 Å². The summed E-state index contributed by atoms with van der Waals surface area (Å²) >= 11 is 13.0. The van der Waals surface area contributed by atoms with Gasteiger partial charge in [0.25, 0.3) is 11.8 Å². The summed E-state index contributed by atoms with van der Waals surface area (Å²) in [5, 5.41) is 2.57. The van der Waals surface area contributed by atoms with Gasteiger partial charge in [0.05, 0.1) is 14.6 Å². The number of hydrogen-bond acceptors (Lipinski definition) is 4. The van der Waals surface area contributed by atoms with Gasteiger partial charge in [0.15, 0.2) is 0 Å². The number of ether oxygens (including phenoxy) is 1. The highest BCUT2D eigenvalue weighted by Gasteiger charge is 2.37. The van der Waals surface area contributed by atoms with E-state index in [1.807, 2.05) is 0 Å². The third-order valence-electron chi connectivity index (χ3n) is 5.14. The average Bonchev–Trinajstić information content (AvgIpc) is 2.79. The molecule has 178 valence electrons. The van der Waals surface area contributed by atoms with Gasteiger partial charge in [-0.15, -0.1) is 0 Å². The minimum Gasteiger partial charge on any atom is -0.487 e. The molecule has 1 fully saturated rings. The van der Waals surface area contributed by atoms with Crippen LogP contribution in [-0.2, 0) is 16.2 Å². The van der Waals surface area contributed by atoms with Crippen molar-refractivity contribution in [3.63, 3.8) is 0 Å². The Balaban J connectivity index is 1.61. The molecular weight excluding hydrogens is 607 g/mol. The molecule has 4 amide bonds. The van der Waals surface area contributed by atoms with Crippen LogP contribution in [0.15, 0.2) is 69.1 Å². The lowest BCUT2D eigenvalue weighted by Gasteiger charge is -2.26. The van der Waals surface area contributed by atoms with Crippen molar-refractivity contribution in [3.05, 3.63) is 96.6 Å². The molecule has 1 aliphatic rings. The summed E-state index contributed by atoms with van der Waals surface area (Å²) in [6.07, 6.45) is 1.38. The first kappa shape index (κ1) is 25.1. The smallest absolute Gasteiger partial charge is 0.335 e. The first-order valence-corrected chi connectivity index (χ1v) is 12.1. The van der Waals surface area contributed by atoms with E-state index < -0.39 is 17.8 Å². The molecule has 6 nitrogen and oxygen atoms in total. The van der Waals surface area contributed by atoms with Gasteiger partial charge >= 0.3 is 6.03 Å². The number of urea groups is 1. The Kier molecular flexibility index (Phi) is 7.39. The molecule has 1 heterocycles. The third-order valence-corrected chi connectivity index (χ3v) is 6.73. The lowest BCUT2D eigenvalue weighted by atomic mass is 10.1. The number of carbonyl (C=O) groups excluding carboxylic acids is 3. The second-order valence-electron chi connectivity index (χ2n) is 7.62. The molecule has 1 saturated heterocycles. The number of nitrogens with one attached hydrogen (secondary N) is 1. The molecule has 1 aliphatic heterocycles. The molecule has 0 spiro atoms. The molecule has 0 bridgehead atoms. The zero-order valence-electron chi connectivity index (χ0n) is 18.1. The lowest BCUT2D eigenvalue weighted by Crippen LogP contribution is -2.54. The zero-order chi connectivity index (χ0) is 25.3. The van der Waals surface area contributed by atoms with Crippen molar-refractivity contribution in [1.82, 2.24) is 5.32 Å². The van der Waals surface area contributed by atoms with Gasteiger partial charge in [-0.2, -0.15) is 0 Å². The van der Waals surface area contributed by atoms with Crippen LogP contribution in [0.5, 0.6) is 5.75 Å². The SMILES string of the molecule is Cc1ccc(N2C(=O)NC(=O)/C(=C/c3cc(Br)c(OCc4ccc(F)cc4)c(Br)c3)C2=O)cc1Cl. The molecule has 0 atom stereocenters. The van der Waals surface area contributed by atoms with Crippen molar-refractivity contribution in [2.45, 2.75) is 13.5 Å². The van der Waals surface area contributed by atoms with Crippen LogP contribution in [0.4, 0.5) is 14.9 Å². The highest BCUT2D eigenvalue weighted by Crippen LogP contribution is 2.36. The van der Waals surface area contributed by atoms with Crippen molar-refractivity contribution < 1.29 is 23.5 Å². The van der Waals surface area contributed by atoms with Crippen molar-refractivity contribution in [1.29, 1.82) is 0 Å². The van der Waals surface area contributed by atoms with Crippen LogP contribution in [0.1, 0.15) is 16.7 Å². The molecule has 3 aromatic rings. The fourth-order valence-electron chi connectivity index (χ4n) is 3.32. The van der Waals surface area contributed by atoms with Crippen LogP contribution in [0.2, 0.25) is 5.02 Å². The molecule has 0 aromatic heterocycles. The summed E-state index contributed by atoms with van der Waals surface area (Å²) in [4.78, 5) is 38.9. The average molecular weight is 623 g/mol. The van der Waals surface area contributed by atoms with Gasteiger partial charge in [-0.05, 0) is 97.9 Å². The van der Waals surface area contributed by atoms with Gasteiger partial charge in [-0.1, -0.05) is 29.8 Å². The Hall–Kier alpha value is -3.01. The fourth-order valence-corrected chi connectivity index (χ4v) is 4.94. The molecule has 3 aromatic carbocycles. The van der Waals surface area contributed by atoms with Crippen molar-refractivity contribution in [3.8, 4) is 5.75 Å². The van der Waals surface area contributed by atoms with E-state index in [0.29, 0.717) is 25.3 Å². The van der Waals surface area contributed by atoms with E-state index >= 15 is 0 Å². The summed E-state index contributed by atoms with van der Waals surface area (Å²) < 4.78 is 20.1. The Morgan fingerprint density at radius 1 is 1.03 bits per heavy atom. The van der Waals surface area contributed by atoms with Gasteiger partial charge in [0, 0.05) is 5.02 Å². The zero-order valence-corrected chi connectivity index (χ0v) is 22.0. The van der Waals surface area contributed by atoms with E-state index in [1.165, 1.54) is 24.3 Å². The van der Waals surface area contributed by atoms with Crippen LogP contribution in [0.3, 0.4) is 0 Å². The predicted molar refractivity (Wildman–Crippen MR) is 138 cm³/mol. The summed E-state index contributed by atoms with van der Waals surface area (Å²) in [5.41, 5.74) is 2.09. The highest BCUT2D eigenvalue weighted by atomic mass is 79.9. The molecule has 4 rings (SSSR count). The summed E-state index contributed by atoms with van der Waals surface area (Å²) in [7, 11) is 0. The first-order valence-electron chi connectivity index (χ1n) is 10.2. The van der Waals surface area contributed by atoms with Crippen molar-refractivity contribution in [2.24, 2.45) is 0 Å². The number of benzene rings is 3. The van der Waals surface area contributed by atoms with Crippen molar-refractivity contribution in [2.75, 3.05) is 4.90 Å². The Morgan fingerprint density at radius 3 is 2.31 bits per heavy atom. The molecule has 0 saturated carbocycles. The number of amides is 4. The number of rotatable bonds is 5. The number of aryl methyl sites for hydroxylation is 1. The molecule has 35 heavy (non-hydrogen) atoms. The van der Waals surface area contributed by atoms with Crippen LogP contribution in [-0.4, -0.2) is 17.8 Å². The second-order valence-corrected chi connectivity index (χ2v) is 9.74. The summed E-state index contributed by atoms with van der Waals surface area (Å²) in [6.45, 7) is 2.00. The molecule has 1 N–H and O–H groups in total. The maximum absolute atomic E-state index is 13.1. The second kappa shape index (κ2) is 10.3.